The molecular weight excluding hydrogens is 514 g/mol. The first-order valence-corrected chi connectivity index (χ1v) is 10.2. The van der Waals surface area contributed by atoms with Crippen LogP contribution >= 0.6 is 0 Å². The number of aliphatic hydroxyl groups excluding tert-OH is 1. The van der Waals surface area contributed by atoms with Crippen LogP contribution in [0.3, 0.4) is 0 Å². The van der Waals surface area contributed by atoms with Crippen LogP contribution in [0, 0.1) is 29.3 Å². The van der Waals surface area contributed by atoms with E-state index in [1.807, 2.05) is 0 Å². The van der Waals surface area contributed by atoms with Crippen molar-refractivity contribution in [3.8, 4) is 23.3 Å². The van der Waals surface area contributed by atoms with Gasteiger partial charge in [0.15, 0.2) is 23.0 Å². The lowest BCUT2D eigenvalue weighted by atomic mass is 10.1. The Bertz CT molecular complexity index is 1420. The molecule has 0 saturated heterocycles. The lowest BCUT2D eigenvalue weighted by Crippen LogP contribution is -2.36. The van der Waals surface area contributed by atoms with Crippen molar-refractivity contribution in [1.82, 2.24) is 9.55 Å². The maximum Gasteiger partial charge on any atom is 0.437 e. The molecule has 3 rings (SSSR count). The Morgan fingerprint density at radius 1 is 1.27 bits per heavy atom. The van der Waals surface area contributed by atoms with Gasteiger partial charge in [0.25, 0.3) is 12.0 Å². The highest BCUT2D eigenvalue weighted by molar-refractivity contribution is 5.44. The van der Waals surface area contributed by atoms with Crippen LogP contribution in [-0.2, 0) is 12.7 Å². The minimum absolute atomic E-state index is 0.0443. The Morgan fingerprint density at radius 2 is 1.97 bits per heavy atom. The molecule has 9 nitrogen and oxygen atoms in total. The van der Waals surface area contributed by atoms with Gasteiger partial charge in [-0.1, -0.05) is 0 Å². The van der Waals surface area contributed by atoms with Gasteiger partial charge in [-0.3, -0.25) is 9.36 Å². The molecule has 0 aliphatic rings. The van der Waals surface area contributed by atoms with Crippen molar-refractivity contribution >= 4 is 0 Å². The number of hydrogen-bond donors (Lipinski definition) is 1. The molecule has 0 aliphatic heterocycles. The quantitative estimate of drug-likeness (QED) is 0.269. The van der Waals surface area contributed by atoms with E-state index in [0.29, 0.717) is 23.2 Å². The van der Waals surface area contributed by atoms with E-state index < -0.39 is 83.5 Å². The fourth-order valence-corrected chi connectivity index (χ4v) is 3.19. The summed E-state index contributed by atoms with van der Waals surface area (Å²) in [6, 6.07) is 4.24. The van der Waals surface area contributed by atoms with Crippen molar-refractivity contribution in [3.05, 3.63) is 80.2 Å². The van der Waals surface area contributed by atoms with Crippen LogP contribution in [0.1, 0.15) is 34.5 Å². The zero-order valence-electron chi connectivity index (χ0n) is 18.7. The number of rotatable bonds is 8. The molecule has 37 heavy (non-hydrogen) atoms. The zero-order valence-corrected chi connectivity index (χ0v) is 18.7. The number of nitrogens with zero attached hydrogens (tertiary/aromatic N) is 4. The molecule has 0 spiro atoms. The van der Waals surface area contributed by atoms with Crippen LogP contribution < -0.4 is 19.8 Å². The lowest BCUT2D eigenvalue weighted by molar-refractivity contribution is -0.614. The molecule has 0 bridgehead atoms. The standard InChI is InChI=1S/C22H16F6N4O5/c1-11-4-12(7-29)17(23)15(5-11)37-18-19(22(26,27)28)30-10-31(21(18)34)8-13-6-14(20(24)25)16(9-32(13)35)36-3-2-33/h4-6,9-10,20,33H,2-3,8H2,1H3. The predicted octanol–water partition coefficient (Wildman–Crippen LogP) is 3.36. The highest BCUT2D eigenvalue weighted by atomic mass is 19.4. The monoisotopic (exact) mass is 530 g/mol. The molecule has 0 radical (unpaired) electrons. The van der Waals surface area contributed by atoms with Gasteiger partial charge in [0.2, 0.25) is 17.6 Å². The van der Waals surface area contributed by atoms with Gasteiger partial charge in [-0.2, -0.15) is 23.2 Å². The maximum atomic E-state index is 14.5. The largest absolute Gasteiger partial charge is 0.618 e. The first kappa shape index (κ1) is 27.3. The van der Waals surface area contributed by atoms with E-state index in [0.717, 1.165) is 12.1 Å². The third-order valence-electron chi connectivity index (χ3n) is 4.82. The van der Waals surface area contributed by atoms with Crippen LogP contribution in [0.5, 0.6) is 17.2 Å². The highest BCUT2D eigenvalue weighted by Gasteiger charge is 2.39. The van der Waals surface area contributed by atoms with E-state index in [2.05, 4.69) is 4.98 Å². The van der Waals surface area contributed by atoms with Crippen molar-refractivity contribution in [2.24, 2.45) is 0 Å². The summed E-state index contributed by atoms with van der Waals surface area (Å²) >= 11 is 0. The van der Waals surface area contributed by atoms with E-state index in [9.17, 15) is 36.3 Å². The molecule has 0 saturated carbocycles. The van der Waals surface area contributed by atoms with E-state index in [4.69, 9.17) is 19.8 Å². The Balaban J connectivity index is 2.12. The van der Waals surface area contributed by atoms with Gasteiger partial charge in [-0.05, 0) is 24.6 Å². The smallest absolute Gasteiger partial charge is 0.437 e. The Morgan fingerprint density at radius 3 is 2.57 bits per heavy atom. The van der Waals surface area contributed by atoms with Crippen molar-refractivity contribution in [2.75, 3.05) is 13.2 Å². The molecule has 196 valence electrons. The number of pyridine rings is 1. The average molecular weight is 530 g/mol. The normalized spacial score (nSPS) is 11.5. The molecule has 0 aliphatic carbocycles. The number of alkyl halides is 5. The average Bonchev–Trinajstić information content (AvgIpc) is 2.82. The maximum absolute atomic E-state index is 14.5. The van der Waals surface area contributed by atoms with Gasteiger partial charge in [-0.25, -0.2) is 18.2 Å². The second-order valence-electron chi connectivity index (χ2n) is 7.47. The SMILES string of the molecule is Cc1cc(C#N)c(F)c(Oc2c(C(F)(F)F)ncn(Cc3cc(C(F)F)c(OCCO)c[n+]3[O-])c2=O)c1. The molecule has 2 aromatic heterocycles. The topological polar surface area (TPSA) is 124 Å². The fraction of sp³-hybridized carbons (Fsp3) is 0.273. The molecular formula is C22H16F6N4O5. The van der Waals surface area contributed by atoms with E-state index >= 15 is 0 Å². The molecule has 0 fully saturated rings. The number of ether oxygens (including phenoxy) is 2. The van der Waals surface area contributed by atoms with E-state index in [1.54, 1.807) is 0 Å². The Kier molecular flexibility index (Phi) is 7.92. The predicted molar refractivity (Wildman–Crippen MR) is 111 cm³/mol. The van der Waals surface area contributed by atoms with Gasteiger partial charge >= 0.3 is 6.18 Å². The summed E-state index contributed by atoms with van der Waals surface area (Å²) in [6.45, 7) is -0.356. The Labute approximate surface area is 203 Å². The molecule has 1 N–H and O–H groups in total. The summed E-state index contributed by atoms with van der Waals surface area (Å²) in [6.07, 6.45) is -7.34. The molecule has 2 heterocycles. The molecule has 1 aromatic carbocycles. The van der Waals surface area contributed by atoms with Gasteiger partial charge in [0.1, 0.15) is 19.2 Å². The minimum atomic E-state index is -5.22. The van der Waals surface area contributed by atoms with Crippen molar-refractivity contribution in [2.45, 2.75) is 26.1 Å². The lowest BCUT2D eigenvalue weighted by Gasteiger charge is -2.16. The molecule has 15 heteroatoms. The first-order valence-electron chi connectivity index (χ1n) is 10.2. The van der Waals surface area contributed by atoms with Crippen LogP contribution in [0.15, 0.2) is 35.5 Å². The second kappa shape index (κ2) is 10.7. The Hall–Kier alpha value is -4.32. The van der Waals surface area contributed by atoms with Gasteiger partial charge in [0.05, 0.1) is 24.1 Å². The molecule has 0 amide bonds. The third kappa shape index (κ3) is 5.92. The summed E-state index contributed by atoms with van der Waals surface area (Å²) in [5, 5.41) is 30.2. The number of halogens is 6. The van der Waals surface area contributed by atoms with E-state index in [-0.39, 0.29) is 10.3 Å². The summed E-state index contributed by atoms with van der Waals surface area (Å²) in [4.78, 5) is 16.1. The minimum Gasteiger partial charge on any atom is -0.618 e. The summed E-state index contributed by atoms with van der Waals surface area (Å²) in [5.74, 6) is -4.19. The summed E-state index contributed by atoms with van der Waals surface area (Å²) < 4.78 is 92.5. The number of aliphatic hydroxyl groups is 1. The summed E-state index contributed by atoms with van der Waals surface area (Å²) in [5.41, 5.74) is -4.92. The van der Waals surface area contributed by atoms with Crippen LogP contribution in [-0.4, -0.2) is 27.9 Å². The second-order valence-corrected chi connectivity index (χ2v) is 7.47. The van der Waals surface area contributed by atoms with Crippen molar-refractivity contribution in [3.63, 3.8) is 0 Å². The number of nitriles is 1. The number of benzene rings is 1. The number of aromatic nitrogens is 3. The summed E-state index contributed by atoms with van der Waals surface area (Å²) in [7, 11) is 0. The molecule has 3 aromatic rings. The number of hydrogen-bond acceptors (Lipinski definition) is 7. The number of aryl methyl sites for hydroxylation is 1. The molecule has 0 unspecified atom stereocenters. The highest BCUT2D eigenvalue weighted by Crippen LogP contribution is 2.36. The fourth-order valence-electron chi connectivity index (χ4n) is 3.19. The first-order chi connectivity index (χ1) is 17.4. The van der Waals surface area contributed by atoms with Gasteiger partial charge < -0.3 is 19.8 Å². The third-order valence-corrected chi connectivity index (χ3v) is 4.82. The van der Waals surface area contributed by atoms with Crippen molar-refractivity contribution in [1.29, 1.82) is 5.26 Å². The van der Waals surface area contributed by atoms with Crippen molar-refractivity contribution < 1.29 is 45.7 Å². The van der Waals surface area contributed by atoms with Crippen LogP contribution in [0.2, 0.25) is 0 Å². The molecule has 0 atom stereocenters. The van der Waals surface area contributed by atoms with Crippen LogP contribution in [0.25, 0.3) is 0 Å². The zero-order chi connectivity index (χ0) is 27.5. The van der Waals surface area contributed by atoms with Gasteiger partial charge in [-0.15, -0.1) is 0 Å². The van der Waals surface area contributed by atoms with E-state index in [1.165, 1.54) is 13.0 Å². The van der Waals surface area contributed by atoms with Crippen LogP contribution in [0.4, 0.5) is 26.3 Å². The van der Waals surface area contributed by atoms with Gasteiger partial charge in [0, 0.05) is 6.07 Å².